The number of carbonyl (C=O) groups excluding carboxylic acids is 1. The second-order valence-corrected chi connectivity index (χ2v) is 8.96. The zero-order valence-corrected chi connectivity index (χ0v) is 18.2. The topological polar surface area (TPSA) is 54.5 Å². The molecule has 29 heavy (non-hydrogen) atoms. The standard InChI is InChI=1S/C23H28BrN3O2/c24-19-6-4-18(5-7-19)23(10-15-29-16-11-23)22(28)26-20-8-13-27(14-9-20)17-21-3-1-2-12-25-21/h1-7,12,20H,8-11,13-17H2,(H,26,28). The fourth-order valence-corrected chi connectivity index (χ4v) is 4.68. The van der Waals surface area contributed by atoms with Crippen molar-refractivity contribution >= 4 is 21.8 Å². The quantitative estimate of drug-likeness (QED) is 0.743. The second kappa shape index (κ2) is 9.37. The molecule has 154 valence electrons. The van der Waals surface area contributed by atoms with Crippen molar-refractivity contribution in [1.82, 2.24) is 15.2 Å². The van der Waals surface area contributed by atoms with E-state index >= 15 is 0 Å². The minimum Gasteiger partial charge on any atom is -0.381 e. The molecule has 2 aromatic rings. The van der Waals surface area contributed by atoms with Crippen LogP contribution in [0.15, 0.2) is 53.1 Å². The zero-order chi connectivity index (χ0) is 20.1. The Morgan fingerprint density at radius 2 is 1.86 bits per heavy atom. The number of piperidine rings is 1. The van der Waals surface area contributed by atoms with Crippen LogP contribution in [-0.4, -0.2) is 48.1 Å². The zero-order valence-electron chi connectivity index (χ0n) is 16.6. The van der Waals surface area contributed by atoms with Gasteiger partial charge in [-0.15, -0.1) is 0 Å². The average molecular weight is 458 g/mol. The maximum Gasteiger partial charge on any atom is 0.231 e. The Morgan fingerprint density at radius 3 is 2.52 bits per heavy atom. The molecule has 5 nitrogen and oxygen atoms in total. The van der Waals surface area contributed by atoms with E-state index in [1.165, 1.54) is 0 Å². The Labute approximate surface area is 181 Å². The highest BCUT2D eigenvalue weighted by atomic mass is 79.9. The summed E-state index contributed by atoms with van der Waals surface area (Å²) >= 11 is 3.50. The number of aromatic nitrogens is 1. The largest absolute Gasteiger partial charge is 0.381 e. The maximum atomic E-state index is 13.4. The van der Waals surface area contributed by atoms with E-state index in [1.807, 2.05) is 30.5 Å². The Kier molecular flexibility index (Phi) is 6.63. The number of rotatable bonds is 5. The van der Waals surface area contributed by atoms with E-state index in [9.17, 15) is 4.79 Å². The van der Waals surface area contributed by atoms with Crippen LogP contribution in [0, 0.1) is 0 Å². The van der Waals surface area contributed by atoms with Crippen LogP contribution in [0.3, 0.4) is 0 Å². The van der Waals surface area contributed by atoms with Crippen LogP contribution in [0.4, 0.5) is 0 Å². The van der Waals surface area contributed by atoms with Crippen molar-refractivity contribution in [1.29, 1.82) is 0 Å². The van der Waals surface area contributed by atoms with E-state index in [0.29, 0.717) is 13.2 Å². The van der Waals surface area contributed by atoms with E-state index < -0.39 is 5.41 Å². The van der Waals surface area contributed by atoms with Crippen LogP contribution in [0.2, 0.25) is 0 Å². The predicted molar refractivity (Wildman–Crippen MR) is 117 cm³/mol. The van der Waals surface area contributed by atoms with Crippen molar-refractivity contribution in [3.8, 4) is 0 Å². The van der Waals surface area contributed by atoms with Gasteiger partial charge >= 0.3 is 0 Å². The summed E-state index contributed by atoms with van der Waals surface area (Å²) in [6.07, 6.45) is 5.27. The van der Waals surface area contributed by atoms with Crippen LogP contribution in [0.1, 0.15) is 36.9 Å². The van der Waals surface area contributed by atoms with Crippen molar-refractivity contribution in [2.24, 2.45) is 0 Å². The van der Waals surface area contributed by atoms with Crippen molar-refractivity contribution < 1.29 is 9.53 Å². The molecule has 0 saturated carbocycles. The van der Waals surface area contributed by atoms with E-state index in [-0.39, 0.29) is 11.9 Å². The molecule has 0 radical (unpaired) electrons. The molecule has 0 bridgehead atoms. The summed E-state index contributed by atoms with van der Waals surface area (Å²) < 4.78 is 6.61. The van der Waals surface area contributed by atoms with E-state index in [4.69, 9.17) is 4.74 Å². The molecule has 2 saturated heterocycles. The number of carbonyl (C=O) groups is 1. The highest BCUT2D eigenvalue weighted by molar-refractivity contribution is 9.10. The smallest absolute Gasteiger partial charge is 0.231 e. The van der Waals surface area contributed by atoms with Crippen LogP contribution in [0.5, 0.6) is 0 Å². The maximum absolute atomic E-state index is 13.4. The first-order chi connectivity index (χ1) is 14.2. The van der Waals surface area contributed by atoms with Crippen LogP contribution in [-0.2, 0) is 21.5 Å². The van der Waals surface area contributed by atoms with Crippen LogP contribution < -0.4 is 5.32 Å². The molecule has 2 aliphatic rings. The molecular weight excluding hydrogens is 430 g/mol. The van der Waals surface area contributed by atoms with E-state index in [0.717, 1.165) is 61.0 Å². The number of benzene rings is 1. The summed E-state index contributed by atoms with van der Waals surface area (Å²) in [5, 5.41) is 3.38. The van der Waals surface area contributed by atoms with Gasteiger partial charge in [0.1, 0.15) is 0 Å². The van der Waals surface area contributed by atoms with E-state index in [1.54, 1.807) is 0 Å². The van der Waals surface area contributed by atoms with Gasteiger partial charge in [0, 0.05) is 49.6 Å². The molecule has 3 heterocycles. The highest BCUT2D eigenvalue weighted by Gasteiger charge is 2.42. The number of nitrogens with one attached hydrogen (secondary N) is 1. The Hall–Kier alpha value is -1.76. The monoisotopic (exact) mass is 457 g/mol. The number of pyridine rings is 1. The molecule has 0 unspecified atom stereocenters. The first-order valence-corrected chi connectivity index (χ1v) is 11.2. The lowest BCUT2D eigenvalue weighted by Crippen LogP contribution is -2.53. The minimum atomic E-state index is -0.482. The lowest BCUT2D eigenvalue weighted by molar-refractivity contribution is -0.131. The number of amides is 1. The van der Waals surface area contributed by atoms with Crippen LogP contribution in [0.25, 0.3) is 0 Å². The number of likely N-dealkylation sites (tertiary alicyclic amines) is 1. The van der Waals surface area contributed by atoms with Gasteiger partial charge in [0.05, 0.1) is 11.1 Å². The number of hydrogen-bond donors (Lipinski definition) is 1. The molecule has 4 rings (SSSR count). The molecule has 0 aliphatic carbocycles. The van der Waals surface area contributed by atoms with Crippen LogP contribution >= 0.6 is 15.9 Å². The van der Waals surface area contributed by atoms with Gasteiger partial charge in [-0.25, -0.2) is 0 Å². The third-order valence-electron chi connectivity index (χ3n) is 6.21. The van der Waals surface area contributed by atoms with Crippen molar-refractivity contribution in [3.63, 3.8) is 0 Å². The van der Waals surface area contributed by atoms with Gasteiger partial charge in [-0.05, 0) is 55.5 Å². The molecule has 6 heteroatoms. The lowest BCUT2D eigenvalue weighted by Gasteiger charge is -2.39. The van der Waals surface area contributed by atoms with Gasteiger partial charge in [0.25, 0.3) is 0 Å². The minimum absolute atomic E-state index is 0.159. The molecule has 1 N–H and O–H groups in total. The third kappa shape index (κ3) is 4.87. The third-order valence-corrected chi connectivity index (χ3v) is 6.74. The molecule has 2 fully saturated rings. The van der Waals surface area contributed by atoms with Crippen molar-refractivity contribution in [3.05, 3.63) is 64.4 Å². The summed E-state index contributed by atoms with van der Waals surface area (Å²) in [6, 6.07) is 14.5. The lowest BCUT2D eigenvalue weighted by atomic mass is 9.73. The van der Waals surface area contributed by atoms with Gasteiger partial charge in [-0.1, -0.05) is 34.1 Å². The molecule has 1 aromatic carbocycles. The van der Waals surface area contributed by atoms with Crippen molar-refractivity contribution in [2.75, 3.05) is 26.3 Å². The molecule has 1 aromatic heterocycles. The van der Waals surface area contributed by atoms with E-state index in [2.05, 4.69) is 49.3 Å². The van der Waals surface area contributed by atoms with Gasteiger partial charge in [-0.3, -0.25) is 14.7 Å². The SMILES string of the molecule is O=C(NC1CCN(Cc2ccccn2)CC1)C1(c2ccc(Br)cc2)CCOCC1. The molecule has 2 aliphatic heterocycles. The van der Waals surface area contributed by atoms with Gasteiger partial charge in [0.15, 0.2) is 0 Å². The first-order valence-electron chi connectivity index (χ1n) is 10.4. The van der Waals surface area contributed by atoms with Gasteiger partial charge < -0.3 is 10.1 Å². The second-order valence-electron chi connectivity index (χ2n) is 8.05. The molecule has 1 amide bonds. The van der Waals surface area contributed by atoms with Crippen molar-refractivity contribution in [2.45, 2.75) is 43.7 Å². The molecular formula is C23H28BrN3O2. The normalized spacial score (nSPS) is 20.3. The number of ether oxygens (including phenoxy) is 1. The summed E-state index contributed by atoms with van der Waals surface area (Å²) in [4.78, 5) is 20.3. The summed E-state index contributed by atoms with van der Waals surface area (Å²) in [6.45, 7) is 4.10. The number of nitrogens with zero attached hydrogens (tertiary/aromatic N) is 2. The van der Waals surface area contributed by atoms with Gasteiger partial charge in [-0.2, -0.15) is 0 Å². The number of hydrogen-bond acceptors (Lipinski definition) is 4. The molecule has 0 spiro atoms. The molecule has 0 atom stereocenters. The first kappa shape index (κ1) is 20.5. The summed E-state index contributed by atoms with van der Waals surface area (Å²) in [7, 11) is 0. The predicted octanol–water partition coefficient (Wildman–Crippen LogP) is 3.67. The van der Waals surface area contributed by atoms with Gasteiger partial charge in [0.2, 0.25) is 5.91 Å². The summed E-state index contributed by atoms with van der Waals surface area (Å²) in [5.74, 6) is 0.159. The Bertz CT molecular complexity index is 799. The fourth-order valence-electron chi connectivity index (χ4n) is 4.42. The summed E-state index contributed by atoms with van der Waals surface area (Å²) in [5.41, 5.74) is 1.71. The Balaban J connectivity index is 1.38. The fraction of sp³-hybridized carbons (Fsp3) is 0.478. The average Bonchev–Trinajstić information content (AvgIpc) is 2.77. The number of halogens is 1. The highest BCUT2D eigenvalue weighted by Crippen LogP contribution is 2.36. The Morgan fingerprint density at radius 1 is 1.14 bits per heavy atom.